The molecule has 4 heteroatoms. The highest BCUT2D eigenvalue weighted by molar-refractivity contribution is 5.49. The van der Waals surface area contributed by atoms with Gasteiger partial charge in [-0.2, -0.15) is 0 Å². The summed E-state index contributed by atoms with van der Waals surface area (Å²) in [5.41, 5.74) is 1.85. The van der Waals surface area contributed by atoms with E-state index in [0.717, 1.165) is 50.3 Å². The normalized spacial score (nSPS) is 27.0. The van der Waals surface area contributed by atoms with Crippen LogP contribution in [0.4, 0.5) is 0 Å². The first kappa shape index (κ1) is 21.0. The van der Waals surface area contributed by atoms with Crippen molar-refractivity contribution in [3.8, 4) is 11.5 Å². The first-order valence-electron chi connectivity index (χ1n) is 11.0. The van der Waals surface area contributed by atoms with E-state index in [1.54, 1.807) is 14.2 Å². The molecule has 4 rings (SSSR count). The average molecular weight is 408 g/mol. The Morgan fingerprint density at radius 3 is 2.60 bits per heavy atom. The van der Waals surface area contributed by atoms with Crippen LogP contribution in [0.3, 0.4) is 0 Å². The standard InChI is InChI=1S/C26H33NO3/c1-29-23-14-13-21(19-24(23)30-2)25-22-12-6-7-15-26(22,28)16-18-27(25)17-8-11-20-9-4-3-5-10-20/h3-5,8-11,13-14,19,22,25,28H,6-7,12,15-18H2,1-2H3/b11-8+. The number of piperidine rings is 1. The first-order chi connectivity index (χ1) is 14.6. The van der Waals surface area contributed by atoms with E-state index in [1.165, 1.54) is 17.5 Å². The Kier molecular flexibility index (Phi) is 6.45. The molecule has 1 N–H and O–H groups in total. The predicted molar refractivity (Wildman–Crippen MR) is 121 cm³/mol. The molecule has 30 heavy (non-hydrogen) atoms. The number of hydrogen-bond acceptors (Lipinski definition) is 4. The zero-order valence-electron chi connectivity index (χ0n) is 18.1. The number of likely N-dealkylation sites (tertiary alicyclic amines) is 1. The number of rotatable bonds is 6. The fourth-order valence-electron chi connectivity index (χ4n) is 5.32. The van der Waals surface area contributed by atoms with Gasteiger partial charge in [-0.25, -0.2) is 0 Å². The maximum Gasteiger partial charge on any atom is 0.161 e. The molecule has 160 valence electrons. The van der Waals surface area contributed by atoms with Gasteiger partial charge < -0.3 is 14.6 Å². The van der Waals surface area contributed by atoms with Crippen LogP contribution < -0.4 is 9.47 Å². The van der Waals surface area contributed by atoms with E-state index >= 15 is 0 Å². The number of aliphatic hydroxyl groups is 1. The predicted octanol–water partition coefficient (Wildman–Crippen LogP) is 5.09. The van der Waals surface area contributed by atoms with Gasteiger partial charge in [-0.05, 0) is 42.5 Å². The monoisotopic (exact) mass is 407 g/mol. The minimum atomic E-state index is -0.560. The maximum absolute atomic E-state index is 11.5. The molecule has 0 aromatic heterocycles. The van der Waals surface area contributed by atoms with E-state index in [-0.39, 0.29) is 12.0 Å². The Balaban J connectivity index is 1.64. The first-order valence-corrected chi connectivity index (χ1v) is 11.0. The molecule has 2 fully saturated rings. The number of nitrogens with zero attached hydrogens (tertiary/aromatic N) is 1. The fraction of sp³-hybridized carbons (Fsp3) is 0.462. The van der Waals surface area contributed by atoms with Crippen LogP contribution in [0.5, 0.6) is 11.5 Å². The van der Waals surface area contributed by atoms with Crippen molar-refractivity contribution in [3.63, 3.8) is 0 Å². The second kappa shape index (κ2) is 9.23. The smallest absolute Gasteiger partial charge is 0.161 e. The van der Waals surface area contributed by atoms with Gasteiger partial charge in [-0.3, -0.25) is 4.90 Å². The summed E-state index contributed by atoms with van der Waals surface area (Å²) in [4.78, 5) is 2.52. The number of benzene rings is 2. The van der Waals surface area contributed by atoms with Gasteiger partial charge >= 0.3 is 0 Å². The van der Waals surface area contributed by atoms with Gasteiger partial charge in [0.15, 0.2) is 11.5 Å². The van der Waals surface area contributed by atoms with E-state index in [1.807, 2.05) is 12.1 Å². The fourth-order valence-corrected chi connectivity index (χ4v) is 5.32. The molecule has 0 spiro atoms. The molecule has 1 saturated carbocycles. The van der Waals surface area contributed by atoms with Crippen molar-refractivity contribution in [3.05, 3.63) is 65.7 Å². The summed E-state index contributed by atoms with van der Waals surface area (Å²) in [5, 5.41) is 11.5. The lowest BCUT2D eigenvalue weighted by Gasteiger charge is -2.52. The Morgan fingerprint density at radius 2 is 1.83 bits per heavy atom. The molecular formula is C26H33NO3. The third-order valence-corrected chi connectivity index (χ3v) is 6.87. The molecule has 1 saturated heterocycles. The van der Waals surface area contributed by atoms with Crippen LogP contribution in [0.2, 0.25) is 0 Å². The molecule has 3 unspecified atom stereocenters. The van der Waals surface area contributed by atoms with Crippen molar-refractivity contribution in [2.75, 3.05) is 27.3 Å². The van der Waals surface area contributed by atoms with Gasteiger partial charge in [0.1, 0.15) is 0 Å². The number of methoxy groups -OCH3 is 2. The summed E-state index contributed by atoms with van der Waals surface area (Å²) >= 11 is 0. The highest BCUT2D eigenvalue weighted by Gasteiger charge is 2.48. The largest absolute Gasteiger partial charge is 0.493 e. The molecule has 3 atom stereocenters. The summed E-state index contributed by atoms with van der Waals surface area (Å²) in [6.45, 7) is 1.76. The summed E-state index contributed by atoms with van der Waals surface area (Å²) < 4.78 is 11.0. The van der Waals surface area contributed by atoms with Gasteiger partial charge in [-0.1, -0.05) is 61.4 Å². The molecule has 2 aliphatic rings. The summed E-state index contributed by atoms with van der Waals surface area (Å²) in [7, 11) is 3.35. The second-order valence-electron chi connectivity index (χ2n) is 8.57. The lowest BCUT2D eigenvalue weighted by atomic mass is 9.66. The van der Waals surface area contributed by atoms with E-state index in [2.05, 4.69) is 53.5 Å². The van der Waals surface area contributed by atoms with E-state index in [4.69, 9.17) is 9.47 Å². The quantitative estimate of drug-likeness (QED) is 0.725. The molecular weight excluding hydrogens is 374 g/mol. The Bertz CT molecular complexity index is 866. The van der Waals surface area contributed by atoms with Crippen LogP contribution >= 0.6 is 0 Å². The highest BCUT2D eigenvalue weighted by atomic mass is 16.5. The summed E-state index contributed by atoms with van der Waals surface area (Å²) in [6, 6.07) is 16.8. The van der Waals surface area contributed by atoms with Crippen LogP contribution in [0.1, 0.15) is 49.3 Å². The van der Waals surface area contributed by atoms with Crippen molar-refractivity contribution in [2.24, 2.45) is 5.92 Å². The number of fused-ring (bicyclic) bond motifs is 1. The maximum atomic E-state index is 11.5. The number of hydrogen-bond donors (Lipinski definition) is 1. The summed E-state index contributed by atoms with van der Waals surface area (Å²) in [6.07, 6.45) is 9.57. The minimum Gasteiger partial charge on any atom is -0.493 e. The molecule has 0 amide bonds. The van der Waals surface area contributed by atoms with Crippen LogP contribution in [0, 0.1) is 5.92 Å². The van der Waals surface area contributed by atoms with Gasteiger partial charge in [0.25, 0.3) is 0 Å². The molecule has 2 aromatic rings. The molecule has 1 heterocycles. The zero-order chi connectivity index (χ0) is 21.0. The van der Waals surface area contributed by atoms with Crippen molar-refractivity contribution >= 4 is 6.08 Å². The molecule has 0 bridgehead atoms. The lowest BCUT2D eigenvalue weighted by molar-refractivity contribution is -0.122. The molecule has 2 aromatic carbocycles. The Labute approximate surface area is 180 Å². The average Bonchev–Trinajstić information content (AvgIpc) is 2.79. The zero-order valence-corrected chi connectivity index (χ0v) is 18.1. The van der Waals surface area contributed by atoms with Crippen molar-refractivity contribution in [2.45, 2.75) is 43.7 Å². The van der Waals surface area contributed by atoms with Gasteiger partial charge in [-0.15, -0.1) is 0 Å². The van der Waals surface area contributed by atoms with Crippen molar-refractivity contribution in [1.82, 2.24) is 4.90 Å². The topological polar surface area (TPSA) is 41.9 Å². The van der Waals surface area contributed by atoms with Crippen molar-refractivity contribution in [1.29, 1.82) is 0 Å². The lowest BCUT2D eigenvalue weighted by Crippen LogP contribution is -2.54. The summed E-state index contributed by atoms with van der Waals surface area (Å²) in [5.74, 6) is 1.73. The molecule has 1 aliphatic carbocycles. The Morgan fingerprint density at radius 1 is 1.03 bits per heavy atom. The van der Waals surface area contributed by atoms with Crippen LogP contribution in [0.25, 0.3) is 6.08 Å². The van der Waals surface area contributed by atoms with Crippen molar-refractivity contribution < 1.29 is 14.6 Å². The van der Waals surface area contributed by atoms with Gasteiger partial charge in [0.05, 0.1) is 19.8 Å². The third-order valence-electron chi connectivity index (χ3n) is 6.87. The molecule has 0 radical (unpaired) electrons. The van der Waals surface area contributed by atoms with Crippen LogP contribution in [-0.2, 0) is 0 Å². The van der Waals surface area contributed by atoms with E-state index < -0.39 is 5.60 Å². The van der Waals surface area contributed by atoms with Crippen LogP contribution in [-0.4, -0.2) is 42.9 Å². The van der Waals surface area contributed by atoms with Crippen LogP contribution in [0.15, 0.2) is 54.6 Å². The molecule has 4 nitrogen and oxygen atoms in total. The Hall–Kier alpha value is -2.30. The molecule has 1 aliphatic heterocycles. The third kappa shape index (κ3) is 4.26. The highest BCUT2D eigenvalue weighted by Crippen LogP contribution is 2.50. The SMILES string of the molecule is COc1ccc(C2C3CCCCC3(O)CCN2C/C=C/c2ccccc2)cc1OC. The van der Waals surface area contributed by atoms with E-state index in [9.17, 15) is 5.11 Å². The van der Waals surface area contributed by atoms with Gasteiger partial charge in [0, 0.05) is 25.0 Å². The van der Waals surface area contributed by atoms with E-state index in [0.29, 0.717) is 0 Å². The minimum absolute atomic E-state index is 0.171. The van der Waals surface area contributed by atoms with Gasteiger partial charge in [0.2, 0.25) is 0 Å². The number of ether oxygens (including phenoxy) is 2. The second-order valence-corrected chi connectivity index (χ2v) is 8.57.